The van der Waals surface area contributed by atoms with Crippen molar-refractivity contribution < 1.29 is 41.7 Å². The molecular formula is C4H3F4O5S-. The molecule has 10 heteroatoms. The maximum Gasteiger partial charge on any atom is 0.446 e. The highest BCUT2D eigenvalue weighted by atomic mass is 32.2. The SMILES string of the molecule is COC(=O)C(F)(SOO[O-])C(F)(F)F. The first-order chi connectivity index (χ1) is 6.29. The number of halogens is 4. The van der Waals surface area contributed by atoms with E-state index < -0.39 is 29.2 Å². The van der Waals surface area contributed by atoms with Crippen molar-refractivity contribution in [2.24, 2.45) is 0 Å². The van der Waals surface area contributed by atoms with Crippen LogP contribution in [0.25, 0.3) is 0 Å². The summed E-state index contributed by atoms with van der Waals surface area (Å²) in [7, 11) is 0.543. The summed E-state index contributed by atoms with van der Waals surface area (Å²) in [6, 6.07) is 0. The van der Waals surface area contributed by atoms with E-state index in [1.807, 2.05) is 0 Å². The number of rotatable bonds is 4. The van der Waals surface area contributed by atoms with E-state index in [9.17, 15) is 27.6 Å². The van der Waals surface area contributed by atoms with Crippen LogP contribution in [0.1, 0.15) is 0 Å². The zero-order valence-corrected chi connectivity index (χ0v) is 7.28. The van der Waals surface area contributed by atoms with Gasteiger partial charge in [0, 0.05) is 0 Å². The quantitative estimate of drug-likeness (QED) is 0.230. The Labute approximate surface area is 79.0 Å². The number of carbonyl (C=O) groups excluding carboxylic acids is 1. The third-order valence-electron chi connectivity index (χ3n) is 0.989. The van der Waals surface area contributed by atoms with Crippen LogP contribution < -0.4 is 5.26 Å². The number of methoxy groups -OCH3 is 1. The van der Waals surface area contributed by atoms with Gasteiger partial charge in [-0.05, 0) is 0 Å². The van der Waals surface area contributed by atoms with Crippen LogP contribution in [0.15, 0.2) is 0 Å². The topological polar surface area (TPSA) is 67.8 Å². The molecule has 0 heterocycles. The van der Waals surface area contributed by atoms with Crippen molar-refractivity contribution in [2.75, 3.05) is 7.11 Å². The molecule has 0 N–H and O–H groups in total. The summed E-state index contributed by atoms with van der Waals surface area (Å²) >= 11 is -1.14. The predicted octanol–water partition coefficient (Wildman–Crippen LogP) is 0.259. The number of alkyl halides is 4. The lowest BCUT2D eigenvalue weighted by molar-refractivity contribution is -0.777. The van der Waals surface area contributed by atoms with Gasteiger partial charge in [0.05, 0.1) is 19.2 Å². The summed E-state index contributed by atoms with van der Waals surface area (Å²) in [5.41, 5.74) is 0. The van der Waals surface area contributed by atoms with Crippen molar-refractivity contribution >= 4 is 18.0 Å². The molecule has 0 saturated carbocycles. The van der Waals surface area contributed by atoms with Crippen LogP contribution in [0.4, 0.5) is 17.6 Å². The van der Waals surface area contributed by atoms with E-state index in [0.29, 0.717) is 7.11 Å². The molecule has 0 rings (SSSR count). The largest absolute Gasteiger partial charge is 0.691 e. The van der Waals surface area contributed by atoms with Gasteiger partial charge in [-0.2, -0.15) is 17.5 Å². The Morgan fingerprint density at radius 3 is 2.14 bits per heavy atom. The second-order valence-electron chi connectivity index (χ2n) is 1.80. The lowest BCUT2D eigenvalue weighted by Crippen LogP contribution is -2.46. The number of carbonyl (C=O) groups is 1. The zero-order valence-electron chi connectivity index (χ0n) is 6.46. The van der Waals surface area contributed by atoms with E-state index in [1.165, 1.54) is 0 Å². The second kappa shape index (κ2) is 4.77. The lowest BCUT2D eigenvalue weighted by atomic mass is 10.4. The van der Waals surface area contributed by atoms with E-state index in [-0.39, 0.29) is 0 Å². The van der Waals surface area contributed by atoms with Crippen LogP contribution in [0.2, 0.25) is 0 Å². The van der Waals surface area contributed by atoms with E-state index in [0.717, 1.165) is 0 Å². The highest BCUT2D eigenvalue weighted by Crippen LogP contribution is 2.44. The summed E-state index contributed by atoms with van der Waals surface area (Å²) in [6.45, 7) is 0. The van der Waals surface area contributed by atoms with Gasteiger partial charge in [-0.1, -0.05) is 0 Å². The number of esters is 1. The Kier molecular flexibility index (Phi) is 4.58. The van der Waals surface area contributed by atoms with Gasteiger partial charge in [-0.15, -0.1) is 0 Å². The van der Waals surface area contributed by atoms with Crippen LogP contribution >= 0.6 is 12.0 Å². The fraction of sp³-hybridized carbons (Fsp3) is 0.750. The molecule has 1 atom stereocenters. The molecule has 0 aliphatic rings. The fourth-order valence-corrected chi connectivity index (χ4v) is 0.756. The summed E-state index contributed by atoms with van der Waals surface area (Å²) in [4.78, 5) is 10.4. The molecule has 0 aliphatic carbocycles. The molecule has 0 fully saturated rings. The zero-order chi connectivity index (χ0) is 11.4. The highest BCUT2D eigenvalue weighted by Gasteiger charge is 2.65. The third kappa shape index (κ3) is 2.70. The van der Waals surface area contributed by atoms with Gasteiger partial charge in [-0.3, -0.25) is 5.04 Å². The van der Waals surface area contributed by atoms with Crippen molar-refractivity contribution in [3.8, 4) is 0 Å². The van der Waals surface area contributed by atoms with Crippen LogP contribution in [-0.4, -0.2) is 24.3 Å². The maximum absolute atomic E-state index is 12.9. The standard InChI is InChI=1S/C4H4F4O5S/c1-11-2(9)3(5,4(6,7)8)14-13-12-10/h10H,1H3/p-1. The Bertz CT molecular complexity index is 208. The molecule has 5 nitrogen and oxygen atoms in total. The Morgan fingerprint density at radius 2 is 1.86 bits per heavy atom. The minimum absolute atomic E-state index is 0.543. The van der Waals surface area contributed by atoms with Gasteiger partial charge in [0.1, 0.15) is 0 Å². The average Bonchev–Trinajstić information content (AvgIpc) is 2.10. The summed E-state index contributed by atoms with van der Waals surface area (Å²) in [5.74, 6) is -2.26. The van der Waals surface area contributed by atoms with Crippen LogP contribution in [0.5, 0.6) is 0 Å². The first-order valence-corrected chi connectivity index (χ1v) is 3.52. The van der Waals surface area contributed by atoms with Crippen molar-refractivity contribution in [3.63, 3.8) is 0 Å². The molecule has 84 valence electrons. The van der Waals surface area contributed by atoms with Crippen LogP contribution in [0.3, 0.4) is 0 Å². The molecule has 0 saturated heterocycles. The molecule has 0 bridgehead atoms. The monoisotopic (exact) mass is 239 g/mol. The molecule has 0 aromatic carbocycles. The van der Waals surface area contributed by atoms with E-state index in [2.05, 4.69) is 14.1 Å². The fourth-order valence-electron chi connectivity index (χ4n) is 0.389. The van der Waals surface area contributed by atoms with Gasteiger partial charge in [0.2, 0.25) is 0 Å². The normalized spacial score (nSPS) is 16.1. The predicted molar refractivity (Wildman–Crippen MR) is 31.7 cm³/mol. The van der Waals surface area contributed by atoms with E-state index in [1.54, 1.807) is 0 Å². The molecule has 0 spiro atoms. The highest BCUT2D eigenvalue weighted by molar-refractivity contribution is 7.96. The number of ether oxygens (including phenoxy) is 1. The first kappa shape index (κ1) is 13.4. The molecule has 0 aromatic rings. The van der Waals surface area contributed by atoms with Crippen LogP contribution in [0, 0.1) is 0 Å². The molecule has 0 aromatic heterocycles. The summed E-state index contributed by atoms with van der Waals surface area (Å²) < 4.78 is 55.4. The van der Waals surface area contributed by atoms with Crippen molar-refractivity contribution in [2.45, 2.75) is 11.2 Å². The van der Waals surface area contributed by atoms with Gasteiger partial charge in [0.15, 0.2) is 0 Å². The molecule has 14 heavy (non-hydrogen) atoms. The van der Waals surface area contributed by atoms with Gasteiger partial charge < -0.3 is 9.99 Å². The molecule has 1 unspecified atom stereocenters. The van der Waals surface area contributed by atoms with Crippen LogP contribution in [-0.2, 0) is 18.9 Å². The molecule has 0 aliphatic heterocycles. The average molecular weight is 239 g/mol. The van der Waals surface area contributed by atoms with Crippen molar-refractivity contribution in [1.29, 1.82) is 0 Å². The van der Waals surface area contributed by atoms with E-state index in [4.69, 9.17) is 0 Å². The van der Waals surface area contributed by atoms with Crippen molar-refractivity contribution in [1.82, 2.24) is 0 Å². The molecule has 0 amide bonds. The minimum Gasteiger partial charge on any atom is -0.691 e. The van der Waals surface area contributed by atoms with Gasteiger partial charge in [-0.25, -0.2) is 9.18 Å². The summed E-state index contributed by atoms with van der Waals surface area (Å²) in [6.07, 6.45) is -5.59. The Hall–Kier alpha value is -0.580. The van der Waals surface area contributed by atoms with Gasteiger partial charge in [0.25, 0.3) is 0 Å². The first-order valence-electron chi connectivity index (χ1n) is 2.78. The lowest BCUT2D eigenvalue weighted by Gasteiger charge is -2.22. The smallest absolute Gasteiger partial charge is 0.446 e. The third-order valence-corrected chi connectivity index (χ3v) is 1.74. The van der Waals surface area contributed by atoms with E-state index >= 15 is 0 Å². The van der Waals surface area contributed by atoms with Gasteiger partial charge >= 0.3 is 17.1 Å². The number of hydrogen-bond acceptors (Lipinski definition) is 6. The molecule has 0 radical (unpaired) electrons. The second-order valence-corrected chi connectivity index (χ2v) is 2.67. The van der Waals surface area contributed by atoms with Crippen molar-refractivity contribution in [3.05, 3.63) is 0 Å². The Morgan fingerprint density at radius 1 is 1.36 bits per heavy atom. The minimum atomic E-state index is -5.59. The maximum atomic E-state index is 12.9. The summed E-state index contributed by atoms with van der Waals surface area (Å²) in [5, 5.41) is 7.18. The Balaban J connectivity index is 4.76. The number of hydrogen-bond donors (Lipinski definition) is 0. The molecular weight excluding hydrogens is 236 g/mol.